The number of hydrogen-bond donors (Lipinski definition) is 2. The van der Waals surface area contributed by atoms with Gasteiger partial charge in [0.15, 0.2) is 6.61 Å². The number of nitrogens with one attached hydrogen (secondary N) is 1. The Bertz CT molecular complexity index is 839. The number of fused-ring (bicyclic) bond motifs is 1. The third-order valence-corrected chi connectivity index (χ3v) is 3.83. The van der Waals surface area contributed by atoms with Crippen LogP contribution >= 0.6 is 0 Å². The maximum atomic E-state index is 11.7. The fraction of sp³-hybridized carbons (Fsp3) is 0.389. The molecule has 1 aromatic carbocycles. The van der Waals surface area contributed by atoms with Gasteiger partial charge in [-0.25, -0.2) is 4.79 Å². The fourth-order valence-corrected chi connectivity index (χ4v) is 2.52. The molecular weight excluding hydrogens is 326 g/mol. The van der Waals surface area contributed by atoms with Gasteiger partial charge in [0.1, 0.15) is 11.3 Å². The number of carbonyl (C=O) groups excluding carboxylic acids is 1. The van der Waals surface area contributed by atoms with Gasteiger partial charge in [-0.3, -0.25) is 9.59 Å². The lowest BCUT2D eigenvalue weighted by Crippen LogP contribution is -2.30. The minimum atomic E-state index is -0.898. The van der Waals surface area contributed by atoms with Crippen molar-refractivity contribution in [2.45, 2.75) is 33.1 Å². The number of hydrogen-bond acceptors (Lipinski definition) is 5. The van der Waals surface area contributed by atoms with Gasteiger partial charge in [0, 0.05) is 30.0 Å². The normalized spacial score (nSPS) is 10.6. The van der Waals surface area contributed by atoms with E-state index in [4.69, 9.17) is 14.3 Å². The average Bonchev–Trinajstić information content (AvgIpc) is 2.57. The Hall–Kier alpha value is -2.83. The number of rotatable bonds is 8. The number of carboxylic acid groups (broad SMARTS) is 1. The maximum Gasteiger partial charge on any atom is 0.336 e. The van der Waals surface area contributed by atoms with Gasteiger partial charge in [0.25, 0.3) is 5.91 Å². The minimum Gasteiger partial charge on any atom is -0.483 e. The van der Waals surface area contributed by atoms with E-state index in [9.17, 15) is 14.4 Å². The van der Waals surface area contributed by atoms with Crippen LogP contribution in [0.1, 0.15) is 30.9 Å². The summed E-state index contributed by atoms with van der Waals surface area (Å²) in [5, 5.41) is 12.0. The molecule has 2 rings (SSSR count). The topological polar surface area (TPSA) is 106 Å². The molecule has 2 aromatic rings. The highest BCUT2D eigenvalue weighted by Gasteiger charge is 2.12. The minimum absolute atomic E-state index is 0.00369. The summed E-state index contributed by atoms with van der Waals surface area (Å²) in [6, 6.07) is 5.03. The van der Waals surface area contributed by atoms with Gasteiger partial charge >= 0.3 is 11.6 Å². The van der Waals surface area contributed by atoms with Crippen molar-refractivity contribution in [1.82, 2.24) is 5.32 Å². The second kappa shape index (κ2) is 8.32. The highest BCUT2D eigenvalue weighted by atomic mass is 16.5. The zero-order valence-electron chi connectivity index (χ0n) is 14.3. The molecule has 0 unspecified atom stereocenters. The molecule has 0 radical (unpaired) electrons. The maximum absolute atomic E-state index is 11.7. The molecule has 1 heterocycles. The molecule has 1 aromatic heterocycles. The molecule has 2 N–H and O–H groups in total. The number of amides is 1. The van der Waals surface area contributed by atoms with Gasteiger partial charge in [-0.05, 0) is 37.5 Å². The van der Waals surface area contributed by atoms with Crippen molar-refractivity contribution in [3.63, 3.8) is 0 Å². The van der Waals surface area contributed by atoms with Crippen LogP contribution in [0.15, 0.2) is 27.4 Å². The van der Waals surface area contributed by atoms with Crippen molar-refractivity contribution in [2.24, 2.45) is 0 Å². The van der Waals surface area contributed by atoms with Crippen molar-refractivity contribution in [3.8, 4) is 5.75 Å². The van der Waals surface area contributed by atoms with E-state index in [0.29, 0.717) is 29.7 Å². The molecule has 7 nitrogen and oxygen atoms in total. The van der Waals surface area contributed by atoms with Crippen molar-refractivity contribution in [1.29, 1.82) is 0 Å². The first-order valence-corrected chi connectivity index (χ1v) is 8.10. The van der Waals surface area contributed by atoms with Crippen LogP contribution in [0.25, 0.3) is 11.0 Å². The summed E-state index contributed by atoms with van der Waals surface area (Å²) >= 11 is 0. The molecule has 134 valence electrons. The first-order chi connectivity index (χ1) is 11.9. The molecule has 0 saturated heterocycles. The molecule has 1 amide bonds. The molecule has 7 heteroatoms. The molecule has 0 atom stereocenters. The van der Waals surface area contributed by atoms with E-state index in [-0.39, 0.29) is 25.5 Å². The lowest BCUT2D eigenvalue weighted by molar-refractivity contribution is -0.137. The largest absolute Gasteiger partial charge is 0.483 e. The molecule has 0 saturated carbocycles. The number of carboxylic acids is 1. The van der Waals surface area contributed by atoms with Gasteiger partial charge in [0.05, 0.1) is 0 Å². The summed E-state index contributed by atoms with van der Waals surface area (Å²) < 4.78 is 10.8. The average molecular weight is 347 g/mol. The number of aryl methyl sites for hydroxylation is 2. The zero-order valence-corrected chi connectivity index (χ0v) is 14.3. The summed E-state index contributed by atoms with van der Waals surface area (Å²) in [6.45, 7) is 3.81. The summed E-state index contributed by atoms with van der Waals surface area (Å²) in [6.07, 6.45) is 1.07. The van der Waals surface area contributed by atoms with Crippen LogP contribution in [0.2, 0.25) is 0 Å². The van der Waals surface area contributed by atoms with E-state index in [1.807, 2.05) is 13.0 Å². The highest BCUT2D eigenvalue weighted by Crippen LogP contribution is 2.28. The zero-order chi connectivity index (χ0) is 18.4. The van der Waals surface area contributed by atoms with Crippen LogP contribution in [-0.4, -0.2) is 30.1 Å². The van der Waals surface area contributed by atoms with Crippen LogP contribution < -0.4 is 15.7 Å². The van der Waals surface area contributed by atoms with Crippen molar-refractivity contribution in [3.05, 3.63) is 39.7 Å². The molecule has 0 aliphatic carbocycles. The van der Waals surface area contributed by atoms with Crippen LogP contribution in [0.5, 0.6) is 5.75 Å². The van der Waals surface area contributed by atoms with Crippen molar-refractivity contribution in [2.75, 3.05) is 13.2 Å². The first-order valence-electron chi connectivity index (χ1n) is 8.10. The SMILES string of the molecule is CCc1cc(=O)oc2c(C)c(OCC(=O)NCCCC(=O)O)ccc12. The molecule has 25 heavy (non-hydrogen) atoms. The Morgan fingerprint density at radius 3 is 2.76 bits per heavy atom. The van der Waals surface area contributed by atoms with E-state index in [0.717, 1.165) is 10.9 Å². The van der Waals surface area contributed by atoms with E-state index in [1.165, 1.54) is 6.07 Å². The van der Waals surface area contributed by atoms with E-state index >= 15 is 0 Å². The molecule has 0 spiro atoms. The highest BCUT2D eigenvalue weighted by molar-refractivity contribution is 5.85. The van der Waals surface area contributed by atoms with E-state index in [1.54, 1.807) is 13.0 Å². The number of aliphatic carboxylic acids is 1. The van der Waals surface area contributed by atoms with E-state index in [2.05, 4.69) is 5.32 Å². The Balaban J connectivity index is 2.04. The van der Waals surface area contributed by atoms with Crippen LogP contribution in [0.4, 0.5) is 0 Å². The predicted molar refractivity (Wildman–Crippen MR) is 92.0 cm³/mol. The van der Waals surface area contributed by atoms with Crippen LogP contribution in [0.3, 0.4) is 0 Å². The monoisotopic (exact) mass is 347 g/mol. The Morgan fingerprint density at radius 1 is 1.32 bits per heavy atom. The molecular formula is C18H21NO6. The van der Waals surface area contributed by atoms with Gasteiger partial charge in [-0.2, -0.15) is 0 Å². The second-order valence-electron chi connectivity index (χ2n) is 5.65. The van der Waals surface area contributed by atoms with Gasteiger partial charge < -0.3 is 19.6 Å². The Kier molecular flexibility index (Phi) is 6.16. The number of ether oxygens (including phenoxy) is 1. The summed E-state index contributed by atoms with van der Waals surface area (Å²) in [4.78, 5) is 33.8. The predicted octanol–water partition coefficient (Wildman–Crippen LogP) is 2.02. The van der Waals surface area contributed by atoms with Crippen LogP contribution in [-0.2, 0) is 16.0 Å². The third-order valence-electron chi connectivity index (χ3n) is 3.83. The third kappa shape index (κ3) is 4.82. The molecule has 0 bridgehead atoms. The second-order valence-corrected chi connectivity index (χ2v) is 5.65. The van der Waals surface area contributed by atoms with Gasteiger partial charge in [-0.1, -0.05) is 6.92 Å². The molecule has 0 fully saturated rings. The standard InChI is InChI=1S/C18H21NO6/c1-3-12-9-17(23)25-18-11(2)14(7-6-13(12)18)24-10-15(20)19-8-4-5-16(21)22/h6-7,9H,3-5,8,10H2,1-2H3,(H,19,20)(H,21,22). The number of carbonyl (C=O) groups is 2. The quantitative estimate of drug-likeness (QED) is 0.559. The first kappa shape index (κ1) is 18.5. The Morgan fingerprint density at radius 2 is 2.08 bits per heavy atom. The summed E-state index contributed by atoms with van der Waals surface area (Å²) in [5.74, 6) is -0.775. The fourth-order valence-electron chi connectivity index (χ4n) is 2.52. The lowest BCUT2D eigenvalue weighted by atomic mass is 10.0. The summed E-state index contributed by atoms with van der Waals surface area (Å²) in [5.41, 5.74) is 1.60. The van der Waals surface area contributed by atoms with Gasteiger partial charge in [-0.15, -0.1) is 0 Å². The smallest absolute Gasteiger partial charge is 0.336 e. The van der Waals surface area contributed by atoms with Crippen LogP contribution in [0, 0.1) is 6.92 Å². The molecule has 0 aliphatic rings. The molecule has 0 aliphatic heterocycles. The Labute approximate surface area is 144 Å². The van der Waals surface area contributed by atoms with Crippen molar-refractivity contribution < 1.29 is 23.8 Å². The lowest BCUT2D eigenvalue weighted by Gasteiger charge is -2.12. The van der Waals surface area contributed by atoms with Gasteiger partial charge in [0.2, 0.25) is 0 Å². The van der Waals surface area contributed by atoms with Crippen molar-refractivity contribution >= 4 is 22.8 Å². The summed E-state index contributed by atoms with van der Waals surface area (Å²) in [7, 11) is 0. The van der Waals surface area contributed by atoms with E-state index < -0.39 is 11.6 Å². The number of benzene rings is 1.